The third-order valence-corrected chi connectivity index (χ3v) is 6.55. The summed E-state index contributed by atoms with van der Waals surface area (Å²) >= 11 is 15.3. The molecule has 1 fully saturated rings. The van der Waals surface area contributed by atoms with Gasteiger partial charge in [-0.2, -0.15) is 0 Å². The number of sulfonamides is 1. The second-order valence-corrected chi connectivity index (χ2v) is 8.60. The average Bonchev–Trinajstić information content (AvgIpc) is 2.37. The molecule has 4 nitrogen and oxygen atoms in total. The van der Waals surface area contributed by atoms with Crippen LogP contribution in [0.3, 0.4) is 0 Å². The minimum atomic E-state index is -3.75. The number of rotatable bonds is 4. The Morgan fingerprint density at radius 3 is 2.52 bits per heavy atom. The number of hydrogen-bond donors (Lipinski definition) is 2. The molecular weight excluding hydrogens is 399 g/mol. The summed E-state index contributed by atoms with van der Waals surface area (Å²) < 4.78 is 28.4. The third-order valence-electron chi connectivity index (χ3n) is 3.61. The van der Waals surface area contributed by atoms with Gasteiger partial charge in [-0.05, 0) is 50.9 Å². The molecule has 0 bridgehead atoms. The van der Waals surface area contributed by atoms with E-state index >= 15 is 0 Å². The highest BCUT2D eigenvalue weighted by Gasteiger charge is 2.28. The Kier molecular flexibility index (Phi) is 5.96. The molecule has 1 saturated heterocycles. The predicted octanol–water partition coefficient (Wildman–Crippen LogP) is 3.42. The summed E-state index contributed by atoms with van der Waals surface area (Å²) in [5.74, 6) is 0.265. The molecule has 0 saturated carbocycles. The highest BCUT2D eigenvalue weighted by molar-refractivity contribution is 9.10. The van der Waals surface area contributed by atoms with Crippen molar-refractivity contribution in [1.82, 2.24) is 10.0 Å². The van der Waals surface area contributed by atoms with Gasteiger partial charge in [0.05, 0.1) is 10.0 Å². The lowest BCUT2D eigenvalue weighted by atomic mass is 9.94. The van der Waals surface area contributed by atoms with Crippen LogP contribution in [0.4, 0.5) is 0 Å². The summed E-state index contributed by atoms with van der Waals surface area (Å²) in [6.45, 7) is 3.67. The summed E-state index contributed by atoms with van der Waals surface area (Å²) in [6, 6.07) is 2.86. The van der Waals surface area contributed by atoms with E-state index in [1.165, 1.54) is 12.1 Å². The van der Waals surface area contributed by atoms with Crippen molar-refractivity contribution >= 4 is 49.2 Å². The van der Waals surface area contributed by atoms with Crippen LogP contribution in [0, 0.1) is 5.92 Å². The SMILES string of the molecule is CC(NS(=O)(=O)c1c(Cl)cc(Br)cc1Cl)C1CCCNC1. The molecule has 0 aromatic heterocycles. The van der Waals surface area contributed by atoms with Gasteiger partial charge < -0.3 is 5.32 Å². The Balaban J connectivity index is 2.22. The second-order valence-electron chi connectivity index (χ2n) is 5.21. The van der Waals surface area contributed by atoms with Crippen molar-refractivity contribution in [2.24, 2.45) is 5.92 Å². The molecule has 21 heavy (non-hydrogen) atoms. The number of halogens is 3. The van der Waals surface area contributed by atoms with Crippen LogP contribution < -0.4 is 10.0 Å². The lowest BCUT2D eigenvalue weighted by molar-refractivity contribution is 0.320. The van der Waals surface area contributed by atoms with E-state index in [2.05, 4.69) is 26.0 Å². The smallest absolute Gasteiger partial charge is 0.243 e. The number of hydrogen-bond acceptors (Lipinski definition) is 3. The minimum absolute atomic E-state index is 0.0651. The van der Waals surface area contributed by atoms with Crippen molar-refractivity contribution in [2.75, 3.05) is 13.1 Å². The van der Waals surface area contributed by atoms with Crippen LogP contribution in [-0.2, 0) is 10.0 Å². The van der Waals surface area contributed by atoms with Crippen molar-refractivity contribution in [3.05, 3.63) is 26.7 Å². The zero-order chi connectivity index (χ0) is 15.6. The zero-order valence-electron chi connectivity index (χ0n) is 11.5. The van der Waals surface area contributed by atoms with Crippen LogP contribution in [0.15, 0.2) is 21.5 Å². The van der Waals surface area contributed by atoms with E-state index in [1.807, 2.05) is 6.92 Å². The van der Waals surface area contributed by atoms with E-state index in [1.54, 1.807) is 0 Å². The Morgan fingerprint density at radius 1 is 1.38 bits per heavy atom. The lowest BCUT2D eigenvalue weighted by Gasteiger charge is -2.29. The molecule has 0 amide bonds. The summed E-state index contributed by atoms with van der Waals surface area (Å²) in [5.41, 5.74) is 0. The van der Waals surface area contributed by atoms with E-state index in [-0.39, 0.29) is 26.9 Å². The molecule has 0 radical (unpaired) electrons. The number of nitrogens with one attached hydrogen (secondary N) is 2. The first kappa shape index (κ1) is 17.5. The first-order valence-corrected chi connectivity index (χ1v) is 9.72. The molecule has 1 aliphatic rings. The van der Waals surface area contributed by atoms with Gasteiger partial charge in [-0.15, -0.1) is 0 Å². The van der Waals surface area contributed by atoms with E-state index in [0.29, 0.717) is 4.47 Å². The van der Waals surface area contributed by atoms with Crippen molar-refractivity contribution in [3.8, 4) is 0 Å². The van der Waals surface area contributed by atoms with Gasteiger partial charge >= 0.3 is 0 Å². The molecule has 0 spiro atoms. The van der Waals surface area contributed by atoms with Gasteiger partial charge in [0.25, 0.3) is 0 Å². The highest BCUT2D eigenvalue weighted by atomic mass is 79.9. The average molecular weight is 416 g/mol. The fraction of sp³-hybridized carbons (Fsp3) is 0.538. The van der Waals surface area contributed by atoms with Gasteiger partial charge in [0.1, 0.15) is 4.90 Å². The molecule has 2 N–H and O–H groups in total. The van der Waals surface area contributed by atoms with Crippen LogP contribution in [-0.4, -0.2) is 27.5 Å². The maximum absolute atomic E-state index is 12.5. The Hall–Kier alpha value is 0.150. The van der Waals surface area contributed by atoms with Crippen molar-refractivity contribution in [2.45, 2.75) is 30.7 Å². The number of benzene rings is 1. The summed E-state index contributed by atoms with van der Waals surface area (Å²) in [5, 5.41) is 3.49. The molecule has 0 aliphatic carbocycles. The Morgan fingerprint density at radius 2 is 2.00 bits per heavy atom. The molecule has 2 rings (SSSR count). The van der Waals surface area contributed by atoms with E-state index < -0.39 is 10.0 Å². The molecular formula is C13H17BrCl2N2O2S. The van der Waals surface area contributed by atoms with Gasteiger partial charge in [-0.3, -0.25) is 0 Å². The molecule has 1 aromatic rings. The third kappa shape index (κ3) is 4.33. The topological polar surface area (TPSA) is 58.2 Å². The van der Waals surface area contributed by atoms with Crippen LogP contribution in [0.5, 0.6) is 0 Å². The van der Waals surface area contributed by atoms with Gasteiger partial charge in [0, 0.05) is 10.5 Å². The van der Waals surface area contributed by atoms with Gasteiger partial charge in [0.2, 0.25) is 10.0 Å². The van der Waals surface area contributed by atoms with Crippen LogP contribution in [0.1, 0.15) is 19.8 Å². The first-order chi connectivity index (χ1) is 9.81. The summed E-state index contributed by atoms with van der Waals surface area (Å²) in [7, 11) is -3.75. The molecule has 2 atom stereocenters. The van der Waals surface area contributed by atoms with E-state index in [4.69, 9.17) is 23.2 Å². The quantitative estimate of drug-likeness (QED) is 0.791. The Bertz CT molecular complexity index is 596. The fourth-order valence-corrected chi connectivity index (χ4v) is 5.74. The molecule has 1 heterocycles. The zero-order valence-corrected chi connectivity index (χ0v) is 15.4. The van der Waals surface area contributed by atoms with Crippen LogP contribution in [0.25, 0.3) is 0 Å². The number of piperidine rings is 1. The maximum Gasteiger partial charge on any atom is 0.243 e. The predicted molar refractivity (Wildman–Crippen MR) is 89.5 cm³/mol. The first-order valence-electron chi connectivity index (χ1n) is 6.69. The summed E-state index contributed by atoms with van der Waals surface area (Å²) in [4.78, 5) is -0.0651. The van der Waals surface area contributed by atoms with Crippen molar-refractivity contribution < 1.29 is 8.42 Å². The summed E-state index contributed by atoms with van der Waals surface area (Å²) in [6.07, 6.45) is 2.05. The van der Waals surface area contributed by atoms with Gasteiger partial charge in [-0.25, -0.2) is 13.1 Å². The standard InChI is InChI=1S/C13H17BrCl2N2O2S/c1-8(9-3-2-4-17-7-9)18-21(19,20)13-11(15)5-10(14)6-12(13)16/h5-6,8-9,17-18H,2-4,7H2,1H3. The van der Waals surface area contributed by atoms with Crippen LogP contribution in [0.2, 0.25) is 10.0 Å². The normalized spacial score (nSPS) is 21.2. The monoisotopic (exact) mass is 414 g/mol. The molecule has 8 heteroatoms. The van der Waals surface area contributed by atoms with Crippen molar-refractivity contribution in [1.29, 1.82) is 0 Å². The van der Waals surface area contributed by atoms with E-state index in [9.17, 15) is 8.42 Å². The largest absolute Gasteiger partial charge is 0.316 e. The van der Waals surface area contributed by atoms with E-state index in [0.717, 1.165) is 25.9 Å². The van der Waals surface area contributed by atoms with Gasteiger partial charge in [0.15, 0.2) is 0 Å². The fourth-order valence-electron chi connectivity index (χ4n) is 2.49. The molecule has 1 aliphatic heterocycles. The Labute approximate surface area is 143 Å². The highest BCUT2D eigenvalue weighted by Crippen LogP contribution is 2.33. The van der Waals surface area contributed by atoms with Gasteiger partial charge in [-0.1, -0.05) is 39.1 Å². The van der Waals surface area contributed by atoms with Crippen LogP contribution >= 0.6 is 39.1 Å². The molecule has 2 unspecified atom stereocenters. The second kappa shape index (κ2) is 7.15. The van der Waals surface area contributed by atoms with Crippen molar-refractivity contribution in [3.63, 3.8) is 0 Å². The minimum Gasteiger partial charge on any atom is -0.316 e. The molecule has 118 valence electrons. The molecule has 1 aromatic carbocycles. The lowest BCUT2D eigenvalue weighted by Crippen LogP contribution is -2.44. The maximum atomic E-state index is 12.5.